The number of nitrogens with one attached hydrogen (secondary N) is 1. The Kier molecular flexibility index (Phi) is 4.48. The SMILES string of the molecule is CNC1CCC(N(C)c2ccc(OC)cc2)CC1. The molecule has 0 radical (unpaired) electrons. The molecule has 1 aromatic carbocycles. The Morgan fingerprint density at radius 3 is 2.22 bits per heavy atom. The molecular formula is C15H24N2O. The summed E-state index contributed by atoms with van der Waals surface area (Å²) in [5.41, 5.74) is 1.28. The van der Waals surface area contributed by atoms with E-state index in [0.717, 1.165) is 5.75 Å². The molecule has 0 aliphatic heterocycles. The number of hydrogen-bond acceptors (Lipinski definition) is 3. The highest BCUT2D eigenvalue weighted by Crippen LogP contribution is 2.27. The van der Waals surface area contributed by atoms with Crippen molar-refractivity contribution in [3.63, 3.8) is 0 Å². The topological polar surface area (TPSA) is 24.5 Å². The van der Waals surface area contributed by atoms with Crippen molar-refractivity contribution in [1.82, 2.24) is 5.32 Å². The summed E-state index contributed by atoms with van der Waals surface area (Å²) in [5.74, 6) is 0.922. The van der Waals surface area contributed by atoms with Crippen molar-refractivity contribution in [1.29, 1.82) is 0 Å². The molecule has 100 valence electrons. The number of anilines is 1. The van der Waals surface area contributed by atoms with Crippen LogP contribution >= 0.6 is 0 Å². The van der Waals surface area contributed by atoms with Gasteiger partial charge in [0.15, 0.2) is 0 Å². The molecule has 18 heavy (non-hydrogen) atoms. The van der Waals surface area contributed by atoms with Crippen LogP contribution in [0.15, 0.2) is 24.3 Å². The van der Waals surface area contributed by atoms with Crippen LogP contribution in [0.5, 0.6) is 5.75 Å². The Morgan fingerprint density at radius 1 is 1.11 bits per heavy atom. The summed E-state index contributed by atoms with van der Waals surface area (Å²) in [4.78, 5) is 2.41. The van der Waals surface area contributed by atoms with E-state index in [-0.39, 0.29) is 0 Å². The molecule has 0 heterocycles. The number of ether oxygens (including phenoxy) is 1. The van der Waals surface area contributed by atoms with E-state index in [1.165, 1.54) is 31.4 Å². The molecule has 2 rings (SSSR count). The molecule has 1 aromatic rings. The molecule has 3 nitrogen and oxygen atoms in total. The van der Waals surface area contributed by atoms with Gasteiger partial charge in [-0.25, -0.2) is 0 Å². The lowest BCUT2D eigenvalue weighted by Gasteiger charge is -2.36. The van der Waals surface area contributed by atoms with Gasteiger partial charge in [0.05, 0.1) is 7.11 Å². The molecule has 0 atom stereocenters. The number of methoxy groups -OCH3 is 1. The highest BCUT2D eigenvalue weighted by atomic mass is 16.5. The predicted octanol–water partition coefficient (Wildman–Crippen LogP) is 2.66. The van der Waals surface area contributed by atoms with Crippen LogP contribution in [0.3, 0.4) is 0 Å². The highest BCUT2D eigenvalue weighted by Gasteiger charge is 2.23. The van der Waals surface area contributed by atoms with E-state index in [1.807, 2.05) is 12.1 Å². The average molecular weight is 248 g/mol. The maximum absolute atomic E-state index is 5.20. The minimum atomic E-state index is 0.669. The highest BCUT2D eigenvalue weighted by molar-refractivity contribution is 5.49. The Labute approximate surface area is 110 Å². The lowest BCUT2D eigenvalue weighted by Crippen LogP contribution is -2.39. The minimum absolute atomic E-state index is 0.669. The fourth-order valence-corrected chi connectivity index (χ4v) is 2.78. The second-order valence-corrected chi connectivity index (χ2v) is 5.10. The van der Waals surface area contributed by atoms with E-state index in [0.29, 0.717) is 12.1 Å². The van der Waals surface area contributed by atoms with Gasteiger partial charge in [-0.05, 0) is 57.0 Å². The first kappa shape index (κ1) is 13.2. The molecule has 1 fully saturated rings. The third-order valence-electron chi connectivity index (χ3n) is 4.13. The van der Waals surface area contributed by atoms with Crippen LogP contribution in [-0.2, 0) is 0 Å². The standard InChI is InChI=1S/C15H24N2O/c1-16-12-4-6-13(7-5-12)17(2)14-8-10-15(18-3)11-9-14/h8-13,16H,4-7H2,1-3H3. The van der Waals surface area contributed by atoms with Crippen molar-refractivity contribution < 1.29 is 4.74 Å². The molecule has 0 aromatic heterocycles. The van der Waals surface area contributed by atoms with Gasteiger partial charge in [-0.3, -0.25) is 0 Å². The van der Waals surface area contributed by atoms with Crippen LogP contribution in [0.1, 0.15) is 25.7 Å². The first-order chi connectivity index (χ1) is 8.74. The van der Waals surface area contributed by atoms with Gasteiger partial charge in [-0.1, -0.05) is 0 Å². The number of benzene rings is 1. The summed E-state index contributed by atoms with van der Waals surface area (Å²) in [6.45, 7) is 0. The van der Waals surface area contributed by atoms with Crippen molar-refractivity contribution in [3.05, 3.63) is 24.3 Å². The van der Waals surface area contributed by atoms with E-state index in [4.69, 9.17) is 4.74 Å². The fourth-order valence-electron chi connectivity index (χ4n) is 2.78. The van der Waals surface area contributed by atoms with Gasteiger partial charge in [0.25, 0.3) is 0 Å². The van der Waals surface area contributed by atoms with Gasteiger partial charge in [0.2, 0.25) is 0 Å². The van der Waals surface area contributed by atoms with Crippen molar-refractivity contribution in [2.75, 3.05) is 26.1 Å². The van der Waals surface area contributed by atoms with Gasteiger partial charge < -0.3 is 15.0 Å². The van der Waals surface area contributed by atoms with Crippen LogP contribution in [0.25, 0.3) is 0 Å². The normalized spacial score (nSPS) is 23.7. The van der Waals surface area contributed by atoms with Gasteiger partial charge in [-0.2, -0.15) is 0 Å². The smallest absolute Gasteiger partial charge is 0.119 e. The second-order valence-electron chi connectivity index (χ2n) is 5.10. The van der Waals surface area contributed by atoms with E-state index < -0.39 is 0 Å². The van der Waals surface area contributed by atoms with Crippen molar-refractivity contribution in [2.45, 2.75) is 37.8 Å². The van der Waals surface area contributed by atoms with Gasteiger partial charge >= 0.3 is 0 Å². The van der Waals surface area contributed by atoms with Crippen molar-refractivity contribution >= 4 is 5.69 Å². The molecule has 0 saturated heterocycles. The lowest BCUT2D eigenvalue weighted by atomic mass is 9.90. The Bertz CT molecular complexity index is 355. The van der Waals surface area contributed by atoms with Crippen molar-refractivity contribution in [2.24, 2.45) is 0 Å². The zero-order valence-electron chi connectivity index (χ0n) is 11.6. The minimum Gasteiger partial charge on any atom is -0.497 e. The lowest BCUT2D eigenvalue weighted by molar-refractivity contribution is 0.351. The summed E-state index contributed by atoms with van der Waals surface area (Å²) in [5, 5.41) is 3.38. The third kappa shape index (κ3) is 2.96. The van der Waals surface area contributed by atoms with Crippen LogP contribution in [0.4, 0.5) is 5.69 Å². The molecule has 0 spiro atoms. The maximum Gasteiger partial charge on any atom is 0.119 e. The summed E-state index contributed by atoms with van der Waals surface area (Å²) in [6.07, 6.45) is 5.10. The van der Waals surface area contributed by atoms with Crippen LogP contribution in [-0.4, -0.2) is 33.3 Å². The quantitative estimate of drug-likeness (QED) is 0.886. The molecule has 0 bridgehead atoms. The molecule has 1 saturated carbocycles. The van der Waals surface area contributed by atoms with E-state index in [1.54, 1.807) is 7.11 Å². The summed E-state index contributed by atoms with van der Waals surface area (Å²) >= 11 is 0. The monoisotopic (exact) mass is 248 g/mol. The zero-order chi connectivity index (χ0) is 13.0. The molecular weight excluding hydrogens is 224 g/mol. The Hall–Kier alpha value is -1.22. The Morgan fingerprint density at radius 2 is 1.72 bits per heavy atom. The fraction of sp³-hybridized carbons (Fsp3) is 0.600. The first-order valence-electron chi connectivity index (χ1n) is 6.78. The van der Waals surface area contributed by atoms with Crippen LogP contribution in [0.2, 0.25) is 0 Å². The van der Waals surface area contributed by atoms with Crippen molar-refractivity contribution in [3.8, 4) is 5.75 Å². The Balaban J connectivity index is 1.96. The summed E-state index contributed by atoms with van der Waals surface area (Å²) in [7, 11) is 5.97. The molecule has 1 aliphatic rings. The molecule has 1 aliphatic carbocycles. The van der Waals surface area contributed by atoms with E-state index >= 15 is 0 Å². The average Bonchev–Trinajstić information content (AvgIpc) is 2.47. The number of hydrogen-bond donors (Lipinski definition) is 1. The zero-order valence-corrected chi connectivity index (χ0v) is 11.6. The van der Waals surface area contributed by atoms with Crippen LogP contribution in [0, 0.1) is 0 Å². The maximum atomic E-state index is 5.20. The van der Waals surface area contributed by atoms with Gasteiger partial charge in [0.1, 0.15) is 5.75 Å². The van der Waals surface area contributed by atoms with Gasteiger partial charge in [0, 0.05) is 24.8 Å². The second kappa shape index (κ2) is 6.10. The molecule has 0 unspecified atom stereocenters. The predicted molar refractivity (Wildman–Crippen MR) is 76.5 cm³/mol. The first-order valence-corrected chi connectivity index (χ1v) is 6.78. The largest absolute Gasteiger partial charge is 0.497 e. The van der Waals surface area contributed by atoms with E-state index in [9.17, 15) is 0 Å². The molecule has 0 amide bonds. The third-order valence-corrected chi connectivity index (χ3v) is 4.13. The molecule has 3 heteroatoms. The van der Waals surface area contributed by atoms with E-state index in [2.05, 4.69) is 36.4 Å². The number of rotatable bonds is 4. The molecule has 1 N–H and O–H groups in total. The number of nitrogens with zero attached hydrogens (tertiary/aromatic N) is 1. The van der Waals surface area contributed by atoms with Gasteiger partial charge in [-0.15, -0.1) is 0 Å². The van der Waals surface area contributed by atoms with Crippen LogP contribution < -0.4 is 15.0 Å². The summed E-state index contributed by atoms with van der Waals surface area (Å²) < 4.78 is 5.20. The summed E-state index contributed by atoms with van der Waals surface area (Å²) in [6, 6.07) is 9.73.